The normalized spacial score (nSPS) is 13.0. The fourth-order valence-corrected chi connectivity index (χ4v) is 2.21. The second-order valence-electron chi connectivity index (χ2n) is 5.08. The summed E-state index contributed by atoms with van der Waals surface area (Å²) in [6.45, 7) is 1.13. The van der Waals surface area contributed by atoms with E-state index in [2.05, 4.69) is 10.6 Å². The number of benzene rings is 1. The molecule has 0 aromatic heterocycles. The maximum atomic E-state index is 11.7. The highest BCUT2D eigenvalue weighted by Gasteiger charge is 2.10. The van der Waals surface area contributed by atoms with E-state index < -0.39 is 0 Å². The van der Waals surface area contributed by atoms with Gasteiger partial charge in [-0.05, 0) is 29.8 Å². The minimum absolute atomic E-state index is 0.0825. The molecule has 2 N–H and O–H groups in total. The number of carbonyl (C=O) groups excluding carboxylic acids is 2. The fourth-order valence-electron chi connectivity index (χ4n) is 2.03. The van der Waals surface area contributed by atoms with Crippen LogP contribution >= 0.6 is 11.6 Å². The number of amides is 2. The van der Waals surface area contributed by atoms with E-state index in [1.807, 2.05) is 12.1 Å². The SMILES string of the molecule is COCCNC(=O)CNC(=O)/C=C/C1=Cc2cc(Cl)ccc2OC1. The van der Waals surface area contributed by atoms with Crippen LogP contribution in [0.2, 0.25) is 5.02 Å². The number of hydrogen-bond donors (Lipinski definition) is 2. The summed E-state index contributed by atoms with van der Waals surface area (Å²) in [5, 5.41) is 5.74. The summed E-state index contributed by atoms with van der Waals surface area (Å²) < 4.78 is 10.4. The molecule has 0 saturated carbocycles. The molecular formula is C17H19ClN2O4. The Morgan fingerprint density at radius 3 is 3.00 bits per heavy atom. The zero-order valence-corrected chi connectivity index (χ0v) is 14.1. The number of halogens is 1. The Hall–Kier alpha value is -2.31. The van der Waals surface area contributed by atoms with Crippen LogP contribution in [0, 0.1) is 0 Å². The highest BCUT2D eigenvalue weighted by Crippen LogP contribution is 2.29. The Bertz CT molecular complexity index is 671. The molecule has 6 nitrogen and oxygen atoms in total. The van der Waals surface area contributed by atoms with Crippen molar-refractivity contribution in [2.24, 2.45) is 0 Å². The number of carbonyl (C=O) groups is 2. The minimum atomic E-state index is -0.352. The fraction of sp³-hybridized carbons (Fsp3) is 0.294. The van der Waals surface area contributed by atoms with Gasteiger partial charge in [0.15, 0.2) is 0 Å². The van der Waals surface area contributed by atoms with Crippen molar-refractivity contribution in [3.63, 3.8) is 0 Å². The summed E-state index contributed by atoms with van der Waals surface area (Å²) >= 11 is 5.96. The molecule has 24 heavy (non-hydrogen) atoms. The van der Waals surface area contributed by atoms with Gasteiger partial charge in [0.1, 0.15) is 12.4 Å². The lowest BCUT2D eigenvalue weighted by molar-refractivity contribution is -0.124. The van der Waals surface area contributed by atoms with Crippen LogP contribution in [0.25, 0.3) is 6.08 Å². The maximum absolute atomic E-state index is 11.7. The highest BCUT2D eigenvalue weighted by atomic mass is 35.5. The first-order valence-corrected chi connectivity index (χ1v) is 7.81. The third-order valence-corrected chi connectivity index (χ3v) is 3.44. The van der Waals surface area contributed by atoms with Crippen LogP contribution in [-0.2, 0) is 14.3 Å². The highest BCUT2D eigenvalue weighted by molar-refractivity contribution is 6.30. The Labute approximate surface area is 145 Å². The third kappa shape index (κ3) is 5.72. The first kappa shape index (κ1) is 18.0. The molecule has 0 spiro atoms. The molecule has 0 radical (unpaired) electrons. The molecule has 0 bridgehead atoms. The van der Waals surface area contributed by atoms with Crippen molar-refractivity contribution in [3.8, 4) is 5.75 Å². The van der Waals surface area contributed by atoms with Gasteiger partial charge in [-0.25, -0.2) is 0 Å². The minimum Gasteiger partial charge on any atom is -0.488 e. The second-order valence-corrected chi connectivity index (χ2v) is 5.52. The number of hydrogen-bond acceptors (Lipinski definition) is 4. The third-order valence-electron chi connectivity index (χ3n) is 3.21. The molecule has 0 aliphatic carbocycles. The number of fused-ring (bicyclic) bond motifs is 1. The van der Waals surface area contributed by atoms with E-state index in [4.69, 9.17) is 21.1 Å². The van der Waals surface area contributed by atoms with E-state index in [1.165, 1.54) is 6.08 Å². The van der Waals surface area contributed by atoms with E-state index in [9.17, 15) is 9.59 Å². The number of methoxy groups -OCH3 is 1. The Morgan fingerprint density at radius 2 is 2.21 bits per heavy atom. The Morgan fingerprint density at radius 1 is 1.38 bits per heavy atom. The van der Waals surface area contributed by atoms with Gasteiger partial charge in [-0.1, -0.05) is 17.7 Å². The predicted octanol–water partition coefficient (Wildman–Crippen LogP) is 1.55. The van der Waals surface area contributed by atoms with E-state index in [0.717, 1.165) is 16.9 Å². The molecule has 1 heterocycles. The molecule has 1 aromatic carbocycles. The number of rotatable bonds is 7. The van der Waals surface area contributed by atoms with Crippen LogP contribution in [0.1, 0.15) is 5.56 Å². The summed E-state index contributed by atoms with van der Waals surface area (Å²) in [6.07, 6.45) is 4.93. The van der Waals surface area contributed by atoms with Crippen molar-refractivity contribution in [2.45, 2.75) is 0 Å². The van der Waals surface area contributed by atoms with Gasteiger partial charge in [-0.15, -0.1) is 0 Å². The average molecular weight is 351 g/mol. The smallest absolute Gasteiger partial charge is 0.244 e. The Balaban J connectivity index is 1.83. The van der Waals surface area contributed by atoms with Crippen molar-refractivity contribution in [3.05, 3.63) is 46.5 Å². The lowest BCUT2D eigenvalue weighted by Gasteiger charge is -2.16. The molecule has 2 rings (SSSR count). The predicted molar refractivity (Wildman–Crippen MR) is 92.0 cm³/mol. The standard InChI is InChI=1S/C17H19ClN2O4/c1-23-7-6-19-17(22)10-20-16(21)5-2-12-8-13-9-14(18)3-4-15(13)24-11-12/h2-5,8-9H,6-7,10-11H2,1H3,(H,19,22)(H,20,21)/b5-2+. The van der Waals surface area contributed by atoms with Crippen LogP contribution in [0.4, 0.5) is 0 Å². The van der Waals surface area contributed by atoms with Crippen LogP contribution < -0.4 is 15.4 Å². The second kappa shape index (κ2) is 9.10. The first-order chi connectivity index (χ1) is 11.6. The van der Waals surface area contributed by atoms with Crippen LogP contribution in [0.15, 0.2) is 35.9 Å². The van der Waals surface area contributed by atoms with Crippen molar-refractivity contribution >= 4 is 29.5 Å². The summed E-state index contributed by atoms with van der Waals surface area (Å²) in [5.41, 5.74) is 1.70. The number of nitrogens with one attached hydrogen (secondary N) is 2. The van der Waals surface area contributed by atoms with Gasteiger partial charge in [0, 0.05) is 30.3 Å². The van der Waals surface area contributed by atoms with Crippen molar-refractivity contribution in [1.29, 1.82) is 0 Å². The quantitative estimate of drug-likeness (QED) is 0.578. The lowest BCUT2D eigenvalue weighted by Crippen LogP contribution is -2.37. The van der Waals surface area contributed by atoms with Gasteiger partial charge in [0.25, 0.3) is 0 Å². The van der Waals surface area contributed by atoms with Gasteiger partial charge in [0.05, 0.1) is 13.2 Å². The van der Waals surface area contributed by atoms with E-state index in [-0.39, 0.29) is 18.4 Å². The summed E-state index contributed by atoms with van der Waals surface area (Å²) in [4.78, 5) is 23.2. The monoisotopic (exact) mass is 350 g/mol. The van der Waals surface area contributed by atoms with Crippen molar-refractivity contribution in [1.82, 2.24) is 10.6 Å². The van der Waals surface area contributed by atoms with Crippen LogP contribution in [0.5, 0.6) is 5.75 Å². The molecule has 1 aliphatic rings. The van der Waals surface area contributed by atoms with Crippen molar-refractivity contribution in [2.75, 3.05) is 33.4 Å². The molecule has 0 atom stereocenters. The molecule has 128 valence electrons. The van der Waals surface area contributed by atoms with Gasteiger partial charge < -0.3 is 20.1 Å². The van der Waals surface area contributed by atoms with E-state index in [0.29, 0.717) is 24.8 Å². The zero-order valence-electron chi connectivity index (χ0n) is 13.3. The Kier molecular flexibility index (Phi) is 6.84. The van der Waals surface area contributed by atoms with Gasteiger partial charge in [-0.2, -0.15) is 0 Å². The molecule has 0 saturated heterocycles. The average Bonchev–Trinajstić information content (AvgIpc) is 2.58. The molecule has 0 fully saturated rings. The van der Waals surface area contributed by atoms with Crippen LogP contribution in [0.3, 0.4) is 0 Å². The summed E-state index contributed by atoms with van der Waals surface area (Å²) in [6, 6.07) is 5.37. The van der Waals surface area contributed by atoms with Gasteiger partial charge in [-0.3, -0.25) is 9.59 Å². The molecule has 7 heteroatoms. The van der Waals surface area contributed by atoms with E-state index in [1.54, 1.807) is 25.3 Å². The molecular weight excluding hydrogens is 332 g/mol. The summed E-state index contributed by atoms with van der Waals surface area (Å²) in [5.74, 6) is 0.140. The van der Waals surface area contributed by atoms with Gasteiger partial charge >= 0.3 is 0 Å². The maximum Gasteiger partial charge on any atom is 0.244 e. The topological polar surface area (TPSA) is 76.7 Å². The van der Waals surface area contributed by atoms with Gasteiger partial charge in [0.2, 0.25) is 11.8 Å². The zero-order chi connectivity index (χ0) is 17.4. The molecule has 1 aliphatic heterocycles. The van der Waals surface area contributed by atoms with E-state index >= 15 is 0 Å². The molecule has 0 unspecified atom stereocenters. The lowest BCUT2D eigenvalue weighted by atomic mass is 10.1. The first-order valence-electron chi connectivity index (χ1n) is 7.43. The molecule has 2 amide bonds. The summed E-state index contributed by atoms with van der Waals surface area (Å²) in [7, 11) is 1.55. The van der Waals surface area contributed by atoms with Crippen LogP contribution in [-0.4, -0.2) is 45.2 Å². The van der Waals surface area contributed by atoms with Crippen molar-refractivity contribution < 1.29 is 19.1 Å². The largest absolute Gasteiger partial charge is 0.488 e. The number of ether oxygens (including phenoxy) is 2. The molecule has 1 aromatic rings.